The monoisotopic (exact) mass is 260 g/mol. The maximum atomic E-state index is 5.32. The zero-order valence-electron chi connectivity index (χ0n) is 6.78. The molecule has 0 bridgehead atoms. The van der Waals surface area contributed by atoms with Crippen LogP contribution < -0.4 is 0 Å². The molecular formula is C5H10O4P2S2. The molecule has 1 spiro atoms. The predicted molar refractivity (Wildman–Crippen MR) is 57.6 cm³/mol. The first-order chi connectivity index (χ1) is 6.20. The van der Waals surface area contributed by atoms with Gasteiger partial charge in [0.05, 0.1) is 31.8 Å². The molecule has 0 aliphatic carbocycles. The van der Waals surface area contributed by atoms with Crippen LogP contribution in [0.3, 0.4) is 0 Å². The Labute approximate surface area is 88.1 Å². The van der Waals surface area contributed by atoms with Crippen LogP contribution in [0.4, 0.5) is 0 Å². The van der Waals surface area contributed by atoms with Crippen molar-refractivity contribution >= 4 is 37.9 Å². The Balaban J connectivity index is 1.98. The normalized spacial score (nSPS) is 46.5. The van der Waals surface area contributed by atoms with Gasteiger partial charge in [-0.25, -0.2) is 0 Å². The van der Waals surface area contributed by atoms with Crippen LogP contribution in [0.5, 0.6) is 0 Å². The molecule has 0 atom stereocenters. The minimum absolute atomic E-state index is 0.153. The smallest absolute Gasteiger partial charge is 0.176 e. The Morgan fingerprint density at radius 3 is 1.38 bits per heavy atom. The summed E-state index contributed by atoms with van der Waals surface area (Å²) in [5.41, 5.74) is -0.153. The zero-order valence-corrected chi connectivity index (χ0v) is 10.4. The summed E-state index contributed by atoms with van der Waals surface area (Å²) in [4.78, 5) is 0. The zero-order chi connectivity index (χ0) is 9.31. The van der Waals surface area contributed by atoms with Crippen molar-refractivity contribution in [2.45, 2.75) is 0 Å². The van der Waals surface area contributed by atoms with Gasteiger partial charge in [0.1, 0.15) is 0 Å². The molecule has 0 aromatic heterocycles. The Kier molecular flexibility index (Phi) is 3.55. The fourth-order valence-corrected chi connectivity index (χ4v) is 3.75. The molecule has 0 aromatic rings. The van der Waals surface area contributed by atoms with Crippen LogP contribution in [0, 0.1) is 5.41 Å². The van der Waals surface area contributed by atoms with E-state index in [1.165, 1.54) is 0 Å². The Morgan fingerprint density at radius 1 is 0.769 bits per heavy atom. The molecule has 2 aliphatic rings. The van der Waals surface area contributed by atoms with E-state index in [9.17, 15) is 0 Å². The third kappa shape index (κ3) is 2.58. The van der Waals surface area contributed by atoms with Crippen LogP contribution in [0.2, 0.25) is 0 Å². The van der Waals surface area contributed by atoms with Crippen LogP contribution in [0.25, 0.3) is 0 Å². The van der Waals surface area contributed by atoms with Gasteiger partial charge in [-0.15, -0.1) is 0 Å². The molecule has 2 fully saturated rings. The van der Waals surface area contributed by atoms with Crippen LogP contribution in [0.1, 0.15) is 0 Å². The van der Waals surface area contributed by atoms with Crippen LogP contribution in [0.15, 0.2) is 0 Å². The van der Waals surface area contributed by atoms with E-state index in [-0.39, 0.29) is 5.41 Å². The standard InChI is InChI=1S/C5H10O4P2S2/c12-10-6-1-5(2-7-10)3-8-11(13)9-4-5/h10-11H,1-4H2. The summed E-state index contributed by atoms with van der Waals surface area (Å²) in [5, 5.41) is 0. The summed E-state index contributed by atoms with van der Waals surface area (Å²) < 4.78 is 21.3. The molecular weight excluding hydrogens is 250 g/mol. The topological polar surface area (TPSA) is 36.9 Å². The molecule has 0 unspecified atom stereocenters. The quantitative estimate of drug-likeness (QED) is 0.607. The average molecular weight is 260 g/mol. The van der Waals surface area contributed by atoms with Crippen molar-refractivity contribution in [3.8, 4) is 0 Å². The first-order valence-electron chi connectivity index (χ1n) is 3.79. The van der Waals surface area contributed by atoms with Gasteiger partial charge in [0, 0.05) is 0 Å². The molecule has 13 heavy (non-hydrogen) atoms. The van der Waals surface area contributed by atoms with Crippen molar-refractivity contribution < 1.29 is 18.1 Å². The minimum Gasteiger partial charge on any atom is -0.331 e. The van der Waals surface area contributed by atoms with Gasteiger partial charge in [-0.2, -0.15) is 0 Å². The molecule has 2 heterocycles. The highest BCUT2D eigenvalue weighted by molar-refractivity contribution is 8.01. The Morgan fingerprint density at radius 2 is 1.08 bits per heavy atom. The first kappa shape index (κ1) is 10.7. The van der Waals surface area contributed by atoms with E-state index in [4.69, 9.17) is 41.7 Å². The molecule has 0 amide bonds. The van der Waals surface area contributed by atoms with E-state index in [1.807, 2.05) is 0 Å². The van der Waals surface area contributed by atoms with E-state index < -0.39 is 14.3 Å². The molecule has 8 heteroatoms. The van der Waals surface area contributed by atoms with Gasteiger partial charge < -0.3 is 18.1 Å². The van der Waals surface area contributed by atoms with Gasteiger partial charge in [-0.3, -0.25) is 0 Å². The Bertz CT molecular complexity index is 209. The molecule has 0 aromatic carbocycles. The number of hydrogen-bond acceptors (Lipinski definition) is 6. The molecule has 4 nitrogen and oxygen atoms in total. The molecule has 2 rings (SSSR count). The van der Waals surface area contributed by atoms with Gasteiger partial charge in [0.15, 0.2) is 14.3 Å². The maximum absolute atomic E-state index is 5.32. The minimum atomic E-state index is -1.43. The van der Waals surface area contributed by atoms with E-state index in [0.29, 0.717) is 26.4 Å². The molecule has 0 N–H and O–H groups in total. The lowest BCUT2D eigenvalue weighted by Gasteiger charge is -2.39. The van der Waals surface area contributed by atoms with Crippen molar-refractivity contribution in [3.05, 3.63) is 0 Å². The lowest BCUT2D eigenvalue weighted by atomic mass is 9.93. The third-order valence-corrected chi connectivity index (χ3v) is 4.92. The largest absolute Gasteiger partial charge is 0.331 e. The summed E-state index contributed by atoms with van der Waals surface area (Å²) in [7, 11) is -2.85. The lowest BCUT2D eigenvalue weighted by Crippen LogP contribution is -2.43. The molecule has 2 saturated heterocycles. The first-order valence-corrected chi connectivity index (χ1v) is 8.69. The number of rotatable bonds is 0. The van der Waals surface area contributed by atoms with Gasteiger partial charge in [0.2, 0.25) is 0 Å². The van der Waals surface area contributed by atoms with Crippen LogP contribution >= 0.6 is 14.3 Å². The van der Waals surface area contributed by atoms with Crippen LogP contribution in [-0.2, 0) is 41.7 Å². The lowest BCUT2D eigenvalue weighted by molar-refractivity contribution is -0.0458. The highest BCUT2D eigenvalue weighted by atomic mass is 32.4. The van der Waals surface area contributed by atoms with E-state index in [0.717, 1.165) is 0 Å². The molecule has 0 saturated carbocycles. The summed E-state index contributed by atoms with van der Waals surface area (Å²) in [5.74, 6) is 0. The molecule has 0 radical (unpaired) electrons. The predicted octanol–water partition coefficient (Wildman–Crippen LogP) is 1.08. The van der Waals surface area contributed by atoms with Crippen molar-refractivity contribution in [2.24, 2.45) is 5.41 Å². The summed E-state index contributed by atoms with van der Waals surface area (Å²) in [6, 6.07) is 0. The van der Waals surface area contributed by atoms with Gasteiger partial charge in [-0.1, -0.05) is 0 Å². The highest BCUT2D eigenvalue weighted by Crippen LogP contribution is 2.43. The number of hydrogen-bond donors (Lipinski definition) is 0. The fraction of sp³-hybridized carbons (Fsp3) is 1.00. The average Bonchev–Trinajstić information content (AvgIpc) is 2.16. The van der Waals surface area contributed by atoms with Gasteiger partial charge in [0.25, 0.3) is 0 Å². The van der Waals surface area contributed by atoms with Crippen molar-refractivity contribution in [1.29, 1.82) is 0 Å². The second-order valence-corrected chi connectivity index (χ2v) is 7.31. The van der Waals surface area contributed by atoms with Crippen molar-refractivity contribution in [1.82, 2.24) is 0 Å². The SMILES string of the molecule is S=[PH]1OCC2(CO1)CO[PH](=S)OC2. The molecule has 76 valence electrons. The van der Waals surface area contributed by atoms with E-state index >= 15 is 0 Å². The second-order valence-electron chi connectivity index (χ2n) is 3.15. The second kappa shape index (κ2) is 4.33. The van der Waals surface area contributed by atoms with Gasteiger partial charge in [-0.05, 0) is 23.6 Å². The van der Waals surface area contributed by atoms with Crippen molar-refractivity contribution in [3.63, 3.8) is 0 Å². The summed E-state index contributed by atoms with van der Waals surface area (Å²) in [6.45, 7) is 2.31. The van der Waals surface area contributed by atoms with Crippen molar-refractivity contribution in [2.75, 3.05) is 26.4 Å². The third-order valence-electron chi connectivity index (χ3n) is 1.98. The van der Waals surface area contributed by atoms with E-state index in [1.54, 1.807) is 0 Å². The van der Waals surface area contributed by atoms with Gasteiger partial charge >= 0.3 is 0 Å². The maximum Gasteiger partial charge on any atom is 0.176 e. The fourth-order valence-electron chi connectivity index (χ4n) is 1.18. The summed E-state index contributed by atoms with van der Waals surface area (Å²) >= 11 is 9.85. The highest BCUT2D eigenvalue weighted by Gasteiger charge is 2.39. The Hall–Kier alpha value is 1.14. The van der Waals surface area contributed by atoms with E-state index in [2.05, 4.69) is 0 Å². The van der Waals surface area contributed by atoms with Crippen LogP contribution in [-0.4, -0.2) is 26.4 Å². The summed E-state index contributed by atoms with van der Waals surface area (Å²) in [6.07, 6.45) is 0. The molecule has 2 aliphatic heterocycles.